The number of aliphatic hydroxyl groups excluding tert-OH is 1. The Labute approximate surface area is 94.8 Å². The lowest BCUT2D eigenvalue weighted by molar-refractivity contribution is -0.153. The fourth-order valence-corrected chi connectivity index (χ4v) is 2.21. The second-order valence-electron chi connectivity index (χ2n) is 4.93. The molecule has 1 aliphatic heterocycles. The maximum atomic E-state index is 11.5. The highest BCUT2D eigenvalue weighted by molar-refractivity contribution is 5.93. The van der Waals surface area contributed by atoms with Gasteiger partial charge >= 0.3 is 5.97 Å². The summed E-state index contributed by atoms with van der Waals surface area (Å²) in [5, 5.41) is 21.8. The summed E-state index contributed by atoms with van der Waals surface area (Å²) in [6.07, 6.45) is -1.19. The first-order chi connectivity index (χ1) is 7.25. The van der Waals surface area contributed by atoms with Gasteiger partial charge in [-0.05, 0) is 11.8 Å². The van der Waals surface area contributed by atoms with Crippen LogP contribution in [-0.2, 0) is 9.59 Å². The number of hydrogen-bond acceptors (Lipinski definition) is 3. The molecule has 0 saturated carbocycles. The van der Waals surface area contributed by atoms with Gasteiger partial charge < -0.3 is 15.5 Å². The van der Waals surface area contributed by atoms with Crippen molar-refractivity contribution in [2.24, 2.45) is 17.8 Å². The van der Waals surface area contributed by atoms with Gasteiger partial charge in [0.05, 0.1) is 12.0 Å². The Hall–Kier alpha value is -1.10. The molecule has 5 nitrogen and oxygen atoms in total. The number of amides is 1. The number of carboxylic acids is 1. The number of aliphatic carboxylic acids is 1. The number of hydrogen-bond donors (Lipinski definition) is 3. The Kier molecular flexibility index (Phi) is 3.28. The predicted molar refractivity (Wildman–Crippen MR) is 57.7 cm³/mol. The molecule has 3 N–H and O–H groups in total. The monoisotopic (exact) mass is 229 g/mol. The quantitative estimate of drug-likeness (QED) is 0.646. The first-order valence-electron chi connectivity index (χ1n) is 5.48. The number of carboxylic acid groups (broad SMARTS) is 1. The molecule has 0 spiro atoms. The number of carbonyl (C=O) groups is 2. The van der Waals surface area contributed by atoms with Crippen LogP contribution in [0.1, 0.15) is 27.7 Å². The fraction of sp³-hybridized carbons (Fsp3) is 0.818. The summed E-state index contributed by atoms with van der Waals surface area (Å²) in [7, 11) is 0. The van der Waals surface area contributed by atoms with E-state index in [0.717, 1.165) is 0 Å². The summed E-state index contributed by atoms with van der Waals surface area (Å²) in [4.78, 5) is 22.9. The van der Waals surface area contributed by atoms with Crippen molar-refractivity contribution in [3.63, 3.8) is 0 Å². The standard InChI is InChI=1S/C11H19NO4/c1-5(2)7(4)11(10(15)16)8(13)6(3)9(14)12-11/h5-8,13H,1-4H3,(H,12,14)(H,15,16)/t6-,7+,8+,11-/m1/s1. The highest BCUT2D eigenvalue weighted by Crippen LogP contribution is 2.36. The van der Waals surface area contributed by atoms with Crippen LogP contribution >= 0.6 is 0 Å². The molecule has 0 radical (unpaired) electrons. The van der Waals surface area contributed by atoms with Crippen molar-refractivity contribution in [2.75, 3.05) is 0 Å². The van der Waals surface area contributed by atoms with E-state index in [2.05, 4.69) is 5.32 Å². The van der Waals surface area contributed by atoms with E-state index in [9.17, 15) is 19.8 Å². The third kappa shape index (κ3) is 1.59. The molecule has 1 saturated heterocycles. The molecule has 0 aliphatic carbocycles. The number of rotatable bonds is 3. The Bertz CT molecular complexity index is 315. The molecule has 5 heteroatoms. The molecule has 1 amide bonds. The average Bonchev–Trinajstić information content (AvgIpc) is 2.42. The highest BCUT2D eigenvalue weighted by atomic mass is 16.4. The van der Waals surface area contributed by atoms with Crippen LogP contribution in [0, 0.1) is 17.8 Å². The van der Waals surface area contributed by atoms with Gasteiger partial charge in [-0.1, -0.05) is 27.7 Å². The van der Waals surface area contributed by atoms with Crippen LogP contribution in [0.25, 0.3) is 0 Å². The lowest BCUT2D eigenvalue weighted by atomic mass is 9.74. The lowest BCUT2D eigenvalue weighted by Gasteiger charge is -2.36. The number of carbonyl (C=O) groups excluding carboxylic acids is 1. The Morgan fingerprint density at radius 2 is 1.94 bits per heavy atom. The van der Waals surface area contributed by atoms with E-state index in [1.807, 2.05) is 13.8 Å². The van der Waals surface area contributed by atoms with E-state index in [1.54, 1.807) is 6.92 Å². The van der Waals surface area contributed by atoms with Gasteiger partial charge in [0, 0.05) is 0 Å². The smallest absolute Gasteiger partial charge is 0.332 e. The summed E-state index contributed by atoms with van der Waals surface area (Å²) in [6, 6.07) is 0. The molecule has 1 fully saturated rings. The van der Waals surface area contributed by atoms with Gasteiger partial charge in [-0.2, -0.15) is 0 Å². The van der Waals surface area contributed by atoms with E-state index in [-0.39, 0.29) is 11.8 Å². The number of aliphatic hydroxyl groups is 1. The molecule has 1 rings (SSSR count). The van der Waals surface area contributed by atoms with Crippen LogP contribution in [0.15, 0.2) is 0 Å². The third-order valence-corrected chi connectivity index (χ3v) is 3.76. The van der Waals surface area contributed by atoms with Crippen LogP contribution in [0.5, 0.6) is 0 Å². The minimum absolute atomic E-state index is 0.0522. The maximum absolute atomic E-state index is 11.5. The average molecular weight is 229 g/mol. The van der Waals surface area contributed by atoms with Crippen LogP contribution in [0.2, 0.25) is 0 Å². The lowest BCUT2D eigenvalue weighted by Crippen LogP contribution is -2.61. The molecule has 1 heterocycles. The van der Waals surface area contributed by atoms with Gasteiger partial charge in [0.25, 0.3) is 0 Å². The normalized spacial score (nSPS) is 36.2. The summed E-state index contributed by atoms with van der Waals surface area (Å²) in [6.45, 7) is 7.02. The summed E-state index contributed by atoms with van der Waals surface area (Å²) < 4.78 is 0. The second kappa shape index (κ2) is 4.05. The van der Waals surface area contributed by atoms with Crippen molar-refractivity contribution >= 4 is 11.9 Å². The minimum atomic E-state index is -1.55. The van der Waals surface area contributed by atoms with Crippen molar-refractivity contribution < 1.29 is 19.8 Å². The summed E-state index contributed by atoms with van der Waals surface area (Å²) in [5.74, 6) is -2.54. The Balaban J connectivity index is 3.18. The Morgan fingerprint density at radius 3 is 2.19 bits per heavy atom. The molecular formula is C11H19NO4. The first kappa shape index (κ1) is 13.0. The molecule has 4 atom stereocenters. The van der Waals surface area contributed by atoms with Crippen molar-refractivity contribution in [2.45, 2.75) is 39.3 Å². The SMILES string of the molecule is CC(C)[C@H](C)[C@@]1(C(=O)O)NC(=O)[C@H](C)[C@@H]1O. The van der Waals surface area contributed by atoms with Crippen LogP contribution in [0.3, 0.4) is 0 Å². The van der Waals surface area contributed by atoms with Gasteiger partial charge in [-0.3, -0.25) is 4.79 Å². The van der Waals surface area contributed by atoms with E-state index in [0.29, 0.717) is 0 Å². The van der Waals surface area contributed by atoms with Crippen LogP contribution < -0.4 is 5.32 Å². The molecule has 0 aromatic rings. The molecule has 0 aromatic carbocycles. The van der Waals surface area contributed by atoms with Crippen molar-refractivity contribution in [1.29, 1.82) is 0 Å². The van der Waals surface area contributed by atoms with Gasteiger partial charge in [0.2, 0.25) is 5.91 Å². The molecule has 92 valence electrons. The van der Waals surface area contributed by atoms with Gasteiger partial charge in [-0.15, -0.1) is 0 Å². The van der Waals surface area contributed by atoms with Crippen LogP contribution in [-0.4, -0.2) is 33.7 Å². The first-order valence-corrected chi connectivity index (χ1v) is 5.48. The predicted octanol–water partition coefficient (Wildman–Crippen LogP) is 0.229. The molecular weight excluding hydrogens is 210 g/mol. The maximum Gasteiger partial charge on any atom is 0.332 e. The minimum Gasteiger partial charge on any atom is -0.479 e. The second-order valence-corrected chi connectivity index (χ2v) is 4.93. The highest BCUT2D eigenvalue weighted by Gasteiger charge is 2.59. The zero-order valence-electron chi connectivity index (χ0n) is 10.0. The number of nitrogens with one attached hydrogen (secondary N) is 1. The fourth-order valence-electron chi connectivity index (χ4n) is 2.21. The van der Waals surface area contributed by atoms with Crippen molar-refractivity contribution in [1.82, 2.24) is 5.32 Å². The molecule has 1 aliphatic rings. The van der Waals surface area contributed by atoms with Crippen molar-refractivity contribution in [3.05, 3.63) is 0 Å². The van der Waals surface area contributed by atoms with E-state index in [1.165, 1.54) is 6.92 Å². The summed E-state index contributed by atoms with van der Waals surface area (Å²) >= 11 is 0. The van der Waals surface area contributed by atoms with Crippen LogP contribution in [0.4, 0.5) is 0 Å². The van der Waals surface area contributed by atoms with Gasteiger partial charge in [0.1, 0.15) is 0 Å². The topological polar surface area (TPSA) is 86.6 Å². The Morgan fingerprint density at radius 1 is 1.44 bits per heavy atom. The molecule has 0 bridgehead atoms. The third-order valence-electron chi connectivity index (χ3n) is 3.76. The summed E-state index contributed by atoms with van der Waals surface area (Å²) in [5.41, 5.74) is -1.55. The largest absolute Gasteiger partial charge is 0.479 e. The van der Waals surface area contributed by atoms with Gasteiger partial charge in [0.15, 0.2) is 5.54 Å². The zero-order valence-corrected chi connectivity index (χ0v) is 10.0. The molecule has 0 unspecified atom stereocenters. The van der Waals surface area contributed by atoms with Gasteiger partial charge in [-0.25, -0.2) is 4.79 Å². The zero-order chi connectivity index (χ0) is 12.7. The van der Waals surface area contributed by atoms with E-state index < -0.39 is 29.4 Å². The molecule has 16 heavy (non-hydrogen) atoms. The molecule has 0 aromatic heterocycles. The van der Waals surface area contributed by atoms with Crippen molar-refractivity contribution in [3.8, 4) is 0 Å². The van der Waals surface area contributed by atoms with E-state index in [4.69, 9.17) is 0 Å². The van der Waals surface area contributed by atoms with E-state index >= 15 is 0 Å².